The molecule has 0 aliphatic carbocycles. The number of aromatic nitrogens is 3. The number of nitrogens with one attached hydrogen (secondary N) is 1. The number of carbonyl (C=O) groups excluding carboxylic acids is 1. The van der Waals surface area contributed by atoms with Gasteiger partial charge in [-0.05, 0) is 31.2 Å². The molecule has 1 aliphatic heterocycles. The van der Waals surface area contributed by atoms with Gasteiger partial charge in [0.05, 0.1) is 34.2 Å². The van der Waals surface area contributed by atoms with E-state index in [9.17, 15) is 26.7 Å². The Balaban J connectivity index is 2.03. The minimum absolute atomic E-state index is 0.0259. The lowest BCUT2D eigenvalue weighted by Gasteiger charge is -2.17. The molecule has 1 aliphatic rings. The van der Waals surface area contributed by atoms with Gasteiger partial charge in [0.1, 0.15) is 17.7 Å². The highest BCUT2D eigenvalue weighted by Gasteiger charge is 2.38. The highest BCUT2D eigenvalue weighted by Crippen LogP contribution is 2.41. The number of benzene rings is 2. The molecule has 0 radical (unpaired) electrons. The maximum Gasteiger partial charge on any atom is 0.417 e. The van der Waals surface area contributed by atoms with Crippen LogP contribution in [0.15, 0.2) is 35.3 Å². The molecule has 1 atom stereocenters. The van der Waals surface area contributed by atoms with Gasteiger partial charge in [0.2, 0.25) is 5.82 Å². The lowest BCUT2D eigenvalue weighted by atomic mass is 9.97. The van der Waals surface area contributed by atoms with Gasteiger partial charge in [0.25, 0.3) is 5.91 Å². The Hall–Kier alpha value is -3.38. The Morgan fingerprint density at radius 3 is 2.47 bits per heavy atom. The monoisotopic (exact) mass is 499 g/mol. The first-order valence-corrected chi connectivity index (χ1v) is 10.2. The van der Waals surface area contributed by atoms with Gasteiger partial charge >= 0.3 is 6.18 Å². The largest absolute Gasteiger partial charge is 0.417 e. The number of hydrogen-bond donors (Lipinski definition) is 2. The molecule has 0 saturated carbocycles. The summed E-state index contributed by atoms with van der Waals surface area (Å²) in [6.45, 7) is 1.06. The van der Waals surface area contributed by atoms with E-state index in [1.165, 1.54) is 6.92 Å². The zero-order valence-electron chi connectivity index (χ0n) is 17.3. The van der Waals surface area contributed by atoms with Crippen LogP contribution >= 0.6 is 11.6 Å². The minimum Gasteiger partial charge on any atom is -0.395 e. The molecule has 1 amide bonds. The third-order valence-electron chi connectivity index (χ3n) is 5.02. The van der Waals surface area contributed by atoms with E-state index in [0.29, 0.717) is 6.07 Å². The number of fused-ring (bicyclic) bond motifs is 3. The van der Waals surface area contributed by atoms with Crippen molar-refractivity contribution in [1.82, 2.24) is 20.1 Å². The van der Waals surface area contributed by atoms with Crippen molar-refractivity contribution in [3.8, 4) is 5.69 Å². The third kappa shape index (κ3) is 4.03. The van der Waals surface area contributed by atoms with E-state index in [1.54, 1.807) is 0 Å². The van der Waals surface area contributed by atoms with Crippen LogP contribution in [0, 0.1) is 11.6 Å². The summed E-state index contributed by atoms with van der Waals surface area (Å²) in [6, 6.07) is 3.72. The van der Waals surface area contributed by atoms with E-state index in [2.05, 4.69) is 20.4 Å². The van der Waals surface area contributed by atoms with Gasteiger partial charge in [-0.1, -0.05) is 17.7 Å². The van der Waals surface area contributed by atoms with E-state index < -0.39 is 57.2 Å². The smallest absolute Gasteiger partial charge is 0.395 e. The number of hydrogen-bond acceptors (Lipinski definition) is 5. The first-order chi connectivity index (χ1) is 16.0. The molecule has 0 spiro atoms. The number of carbonyl (C=O) groups is 1. The van der Waals surface area contributed by atoms with Crippen LogP contribution in [0.3, 0.4) is 0 Å². The molecule has 178 valence electrons. The first kappa shape index (κ1) is 23.8. The third-order valence-corrected chi connectivity index (χ3v) is 5.41. The Bertz CT molecular complexity index is 1300. The minimum atomic E-state index is -4.87. The van der Waals surface area contributed by atoms with Gasteiger partial charge in [-0.15, -0.1) is 5.10 Å². The molecule has 7 nitrogen and oxygen atoms in total. The summed E-state index contributed by atoms with van der Waals surface area (Å²) in [5.74, 6) is -3.17. The highest BCUT2D eigenvalue weighted by molar-refractivity contribution is 6.37. The van der Waals surface area contributed by atoms with Gasteiger partial charge in [-0.25, -0.2) is 18.4 Å². The Morgan fingerprint density at radius 2 is 1.85 bits per heavy atom. The lowest BCUT2D eigenvalue weighted by molar-refractivity contribution is -0.137. The van der Waals surface area contributed by atoms with Crippen LogP contribution in [-0.2, 0) is 6.18 Å². The van der Waals surface area contributed by atoms with Crippen molar-refractivity contribution in [2.75, 3.05) is 13.2 Å². The van der Waals surface area contributed by atoms with E-state index in [1.807, 2.05) is 0 Å². The molecule has 34 heavy (non-hydrogen) atoms. The first-order valence-electron chi connectivity index (χ1n) is 9.83. The van der Waals surface area contributed by atoms with Crippen molar-refractivity contribution in [3.05, 3.63) is 75.3 Å². The Labute approximate surface area is 193 Å². The van der Waals surface area contributed by atoms with Crippen molar-refractivity contribution in [1.29, 1.82) is 0 Å². The van der Waals surface area contributed by atoms with E-state index in [0.717, 1.165) is 28.9 Å². The number of aliphatic imine (C=N–C) groups is 1. The summed E-state index contributed by atoms with van der Waals surface area (Å²) in [5, 5.41) is 14.5. The van der Waals surface area contributed by atoms with Crippen LogP contribution in [0.5, 0.6) is 0 Å². The number of amides is 1. The van der Waals surface area contributed by atoms with Crippen LogP contribution in [0.4, 0.5) is 22.0 Å². The Morgan fingerprint density at radius 1 is 1.18 bits per heavy atom. The maximum absolute atomic E-state index is 14.7. The predicted molar refractivity (Wildman–Crippen MR) is 111 cm³/mol. The zero-order valence-corrected chi connectivity index (χ0v) is 18.0. The molecule has 4 rings (SSSR count). The number of nitrogens with zero attached hydrogens (tertiary/aromatic N) is 4. The van der Waals surface area contributed by atoms with Gasteiger partial charge < -0.3 is 10.4 Å². The van der Waals surface area contributed by atoms with Crippen LogP contribution in [0.25, 0.3) is 5.69 Å². The second-order valence-corrected chi connectivity index (χ2v) is 7.63. The molecule has 3 aromatic rings. The van der Waals surface area contributed by atoms with E-state index >= 15 is 0 Å². The summed E-state index contributed by atoms with van der Waals surface area (Å²) < 4.78 is 71.4. The van der Waals surface area contributed by atoms with Crippen molar-refractivity contribution >= 4 is 23.2 Å². The fraction of sp³-hybridized carbons (Fsp3) is 0.238. The van der Waals surface area contributed by atoms with Gasteiger partial charge in [0, 0.05) is 12.1 Å². The van der Waals surface area contributed by atoms with Gasteiger partial charge in [-0.3, -0.25) is 9.79 Å². The highest BCUT2D eigenvalue weighted by atomic mass is 35.5. The molecular formula is C21H15ClF5N5O2. The fourth-order valence-corrected chi connectivity index (χ4v) is 3.89. The van der Waals surface area contributed by atoms with Crippen molar-refractivity contribution in [2.24, 2.45) is 4.99 Å². The molecule has 2 N–H and O–H groups in total. The average Bonchev–Trinajstić information content (AvgIpc) is 3.17. The molecule has 1 aromatic heterocycles. The number of rotatable bonds is 4. The summed E-state index contributed by atoms with van der Waals surface area (Å²) in [6.07, 6.45) is -4.87. The van der Waals surface area contributed by atoms with Crippen LogP contribution in [0.2, 0.25) is 5.02 Å². The quantitative estimate of drug-likeness (QED) is 0.533. The summed E-state index contributed by atoms with van der Waals surface area (Å²) in [5.41, 5.74) is -2.88. The van der Waals surface area contributed by atoms with Crippen LogP contribution < -0.4 is 5.32 Å². The summed E-state index contributed by atoms with van der Waals surface area (Å²) in [7, 11) is 0. The van der Waals surface area contributed by atoms with Gasteiger partial charge in [0.15, 0.2) is 5.82 Å². The van der Waals surface area contributed by atoms with Crippen LogP contribution in [-0.4, -0.2) is 44.6 Å². The molecule has 0 unspecified atom stereocenters. The van der Waals surface area contributed by atoms with Gasteiger partial charge in [-0.2, -0.15) is 13.2 Å². The second-order valence-electron chi connectivity index (χ2n) is 7.25. The summed E-state index contributed by atoms with van der Waals surface area (Å²) in [4.78, 5) is 20.7. The number of aliphatic hydroxyl groups is 1. The molecular weight excluding hydrogens is 485 g/mol. The number of alkyl halides is 3. The molecule has 0 saturated heterocycles. The zero-order chi connectivity index (χ0) is 24.8. The fourth-order valence-electron chi connectivity index (χ4n) is 3.53. The van der Waals surface area contributed by atoms with E-state index in [4.69, 9.17) is 16.7 Å². The average molecular weight is 500 g/mol. The van der Waals surface area contributed by atoms with Crippen molar-refractivity contribution in [2.45, 2.75) is 19.1 Å². The SMILES string of the molecule is C[C@@H]1N=C(c2c(F)cccc2F)c2c(ccc(C(F)(F)F)c2Cl)-n2nc(C(=O)NCCO)nc21. The number of aliphatic hydroxyl groups excluding tert-OH is 1. The lowest BCUT2D eigenvalue weighted by Crippen LogP contribution is -2.27. The van der Waals surface area contributed by atoms with E-state index in [-0.39, 0.29) is 30.5 Å². The second kappa shape index (κ2) is 8.76. The standard InChI is InChI=1S/C21H15ClF5N5O2/c1-9-19-30-18(20(34)28-7-8-33)31-32(19)13-6-5-10(21(25,26)27)16(22)15(13)17(29-9)14-11(23)3-2-4-12(14)24/h2-6,9,33H,7-8H2,1H3,(H,28,34)/t9-/m0/s1. The molecule has 0 bridgehead atoms. The summed E-state index contributed by atoms with van der Waals surface area (Å²) >= 11 is 6.17. The normalized spacial score (nSPS) is 15.3. The molecule has 13 heteroatoms. The molecule has 2 aromatic carbocycles. The number of halogens is 6. The maximum atomic E-state index is 14.7. The molecule has 2 heterocycles. The molecule has 0 fully saturated rings. The predicted octanol–water partition coefficient (Wildman–Crippen LogP) is 3.85. The van der Waals surface area contributed by atoms with Crippen LogP contribution in [0.1, 0.15) is 46.1 Å². The van der Waals surface area contributed by atoms with Crippen molar-refractivity contribution < 1.29 is 31.9 Å². The Kier molecular flexibility index (Phi) is 6.13. The van der Waals surface area contributed by atoms with Crippen molar-refractivity contribution in [3.63, 3.8) is 0 Å². The topological polar surface area (TPSA) is 92.4 Å².